The van der Waals surface area contributed by atoms with Crippen LogP contribution in [-0.2, 0) is 16.6 Å². The first kappa shape index (κ1) is 22.0. The van der Waals surface area contributed by atoms with Gasteiger partial charge in [-0.1, -0.05) is 29.8 Å². The Balaban J connectivity index is 1.53. The zero-order chi connectivity index (χ0) is 22.4. The van der Waals surface area contributed by atoms with Crippen LogP contribution in [0.15, 0.2) is 60.7 Å². The Kier molecular flexibility index (Phi) is 6.99. The Hall–Kier alpha value is -3.71. The van der Waals surface area contributed by atoms with E-state index >= 15 is 0 Å². The molecule has 31 heavy (non-hydrogen) atoms. The molecule has 2 aromatic carbocycles. The van der Waals surface area contributed by atoms with Gasteiger partial charge in [0.25, 0.3) is 5.91 Å². The van der Waals surface area contributed by atoms with E-state index in [0.29, 0.717) is 33.2 Å². The van der Waals surface area contributed by atoms with E-state index in [9.17, 15) is 14.4 Å². The van der Waals surface area contributed by atoms with Crippen molar-refractivity contribution in [2.75, 3.05) is 11.9 Å². The number of hydrogen-bond acceptors (Lipinski definition) is 5. The zero-order valence-electron chi connectivity index (χ0n) is 17.0. The maximum absolute atomic E-state index is 12.3. The van der Waals surface area contributed by atoms with Crippen molar-refractivity contribution in [3.05, 3.63) is 88.2 Å². The van der Waals surface area contributed by atoms with Crippen LogP contribution < -0.4 is 5.32 Å². The van der Waals surface area contributed by atoms with Crippen LogP contribution in [0.3, 0.4) is 0 Å². The van der Waals surface area contributed by atoms with Crippen molar-refractivity contribution in [3.8, 4) is 0 Å². The van der Waals surface area contributed by atoms with E-state index in [0.717, 1.165) is 0 Å². The van der Waals surface area contributed by atoms with Gasteiger partial charge >= 0.3 is 5.97 Å². The van der Waals surface area contributed by atoms with Crippen LogP contribution in [0.25, 0.3) is 6.08 Å². The fourth-order valence-corrected chi connectivity index (χ4v) is 3.03. The molecule has 3 aromatic rings. The third kappa shape index (κ3) is 5.67. The average Bonchev–Trinajstić information content (AvgIpc) is 3.02. The van der Waals surface area contributed by atoms with Crippen molar-refractivity contribution in [2.45, 2.75) is 6.92 Å². The molecule has 0 unspecified atom stereocenters. The molecule has 1 N–H and O–H groups in total. The summed E-state index contributed by atoms with van der Waals surface area (Å²) in [6, 6.07) is 15.1. The summed E-state index contributed by atoms with van der Waals surface area (Å²) in [7, 11) is 1.70. The van der Waals surface area contributed by atoms with Gasteiger partial charge in [0.2, 0.25) is 0 Å². The number of nitrogens with one attached hydrogen (secondary N) is 1. The molecule has 0 aliphatic rings. The smallest absolute Gasteiger partial charge is 0.331 e. The standard InChI is InChI=1S/C23H20ClN3O4/c1-15-19(22(24)27(2)26-15)12-13-21(29)31-14-20(28)16-8-10-18(11-9-16)25-23(30)17-6-4-3-5-7-17/h3-13H,14H2,1-2H3,(H,25,30)/b13-12+. The molecular weight excluding hydrogens is 418 g/mol. The number of anilines is 1. The summed E-state index contributed by atoms with van der Waals surface area (Å²) in [4.78, 5) is 36.3. The van der Waals surface area contributed by atoms with Gasteiger partial charge in [-0.25, -0.2) is 4.79 Å². The molecule has 0 saturated heterocycles. The quantitative estimate of drug-likeness (QED) is 0.342. The lowest BCUT2D eigenvalue weighted by molar-refractivity contribution is -0.136. The summed E-state index contributed by atoms with van der Waals surface area (Å²) in [5, 5.41) is 7.30. The molecule has 0 aliphatic carbocycles. The minimum absolute atomic E-state index is 0.246. The molecule has 1 aromatic heterocycles. The maximum atomic E-state index is 12.3. The van der Waals surface area contributed by atoms with Gasteiger partial charge in [-0.15, -0.1) is 0 Å². The van der Waals surface area contributed by atoms with Crippen molar-refractivity contribution in [1.29, 1.82) is 0 Å². The van der Waals surface area contributed by atoms with E-state index in [1.54, 1.807) is 62.5 Å². The van der Waals surface area contributed by atoms with Crippen LogP contribution >= 0.6 is 11.6 Å². The highest BCUT2D eigenvalue weighted by Gasteiger charge is 2.11. The lowest BCUT2D eigenvalue weighted by Gasteiger charge is -2.06. The van der Waals surface area contributed by atoms with Crippen LogP contribution in [0.2, 0.25) is 5.15 Å². The van der Waals surface area contributed by atoms with Gasteiger partial charge in [-0.3, -0.25) is 14.3 Å². The van der Waals surface area contributed by atoms with Crippen LogP contribution in [0.1, 0.15) is 32.0 Å². The predicted molar refractivity (Wildman–Crippen MR) is 118 cm³/mol. The number of ether oxygens (including phenoxy) is 1. The third-order valence-corrected chi connectivity index (χ3v) is 4.88. The van der Waals surface area contributed by atoms with Gasteiger partial charge in [0.15, 0.2) is 12.4 Å². The SMILES string of the molecule is Cc1nn(C)c(Cl)c1/C=C/C(=O)OCC(=O)c1ccc(NC(=O)c2ccccc2)cc1. The largest absolute Gasteiger partial charge is 0.454 e. The molecule has 0 spiro atoms. The van der Waals surface area contributed by atoms with Crippen LogP contribution in [0.5, 0.6) is 0 Å². The molecule has 1 amide bonds. The molecule has 0 fully saturated rings. The monoisotopic (exact) mass is 437 g/mol. The number of esters is 1. The second-order valence-electron chi connectivity index (χ2n) is 6.68. The Morgan fingerprint density at radius 1 is 1.06 bits per heavy atom. The number of amides is 1. The number of aryl methyl sites for hydroxylation is 2. The fourth-order valence-electron chi connectivity index (χ4n) is 2.79. The highest BCUT2D eigenvalue weighted by atomic mass is 35.5. The molecule has 0 radical (unpaired) electrons. The summed E-state index contributed by atoms with van der Waals surface area (Å²) in [6.07, 6.45) is 2.70. The van der Waals surface area contributed by atoms with Gasteiger partial charge in [-0.2, -0.15) is 5.10 Å². The first-order valence-corrected chi connectivity index (χ1v) is 9.76. The highest BCUT2D eigenvalue weighted by molar-refractivity contribution is 6.31. The Bertz CT molecular complexity index is 1140. The number of halogens is 1. The molecule has 0 bridgehead atoms. The van der Waals surface area contributed by atoms with Crippen LogP contribution in [0.4, 0.5) is 5.69 Å². The van der Waals surface area contributed by atoms with E-state index in [2.05, 4.69) is 10.4 Å². The number of hydrogen-bond donors (Lipinski definition) is 1. The number of carbonyl (C=O) groups excluding carboxylic acids is 3. The van der Waals surface area contributed by atoms with Crippen molar-refractivity contribution < 1.29 is 19.1 Å². The summed E-state index contributed by atoms with van der Waals surface area (Å²) in [5.41, 5.74) is 2.73. The topological polar surface area (TPSA) is 90.3 Å². The van der Waals surface area contributed by atoms with E-state index < -0.39 is 12.6 Å². The molecule has 1 heterocycles. The number of benzene rings is 2. The normalized spacial score (nSPS) is 10.8. The number of nitrogens with zero attached hydrogens (tertiary/aromatic N) is 2. The highest BCUT2D eigenvalue weighted by Crippen LogP contribution is 2.20. The molecule has 3 rings (SSSR count). The number of carbonyl (C=O) groups is 3. The van der Waals surface area contributed by atoms with Crippen molar-refractivity contribution in [2.24, 2.45) is 7.05 Å². The summed E-state index contributed by atoms with van der Waals surface area (Å²) < 4.78 is 6.50. The number of ketones is 1. The summed E-state index contributed by atoms with van der Waals surface area (Å²) >= 11 is 6.10. The molecule has 7 nitrogen and oxygen atoms in total. The van der Waals surface area contributed by atoms with Gasteiger partial charge in [0, 0.05) is 35.5 Å². The van der Waals surface area contributed by atoms with Crippen molar-refractivity contribution in [1.82, 2.24) is 9.78 Å². The molecule has 0 atom stereocenters. The van der Waals surface area contributed by atoms with Crippen molar-refractivity contribution >= 4 is 41.0 Å². The van der Waals surface area contributed by atoms with E-state index in [-0.39, 0.29) is 11.7 Å². The first-order chi connectivity index (χ1) is 14.8. The number of Topliss-reactive ketones (excluding diaryl/α,β-unsaturated/α-hetero) is 1. The zero-order valence-corrected chi connectivity index (χ0v) is 17.7. The van der Waals surface area contributed by atoms with Gasteiger partial charge < -0.3 is 10.1 Å². The first-order valence-electron chi connectivity index (χ1n) is 9.38. The number of rotatable bonds is 7. The molecule has 0 aliphatic heterocycles. The fraction of sp³-hybridized carbons (Fsp3) is 0.130. The Morgan fingerprint density at radius 2 is 1.74 bits per heavy atom. The van der Waals surface area contributed by atoms with E-state index in [1.807, 2.05) is 6.07 Å². The number of aromatic nitrogens is 2. The minimum atomic E-state index is -0.667. The second-order valence-corrected chi connectivity index (χ2v) is 7.03. The molecule has 8 heteroatoms. The minimum Gasteiger partial charge on any atom is -0.454 e. The van der Waals surface area contributed by atoms with Gasteiger partial charge in [0.05, 0.1) is 5.69 Å². The average molecular weight is 438 g/mol. The van der Waals surface area contributed by atoms with Crippen LogP contribution in [-0.4, -0.2) is 34.0 Å². The second kappa shape index (κ2) is 9.86. The third-order valence-electron chi connectivity index (χ3n) is 4.43. The summed E-state index contributed by atoms with van der Waals surface area (Å²) in [5.74, 6) is -1.28. The molecule has 0 saturated carbocycles. The summed E-state index contributed by atoms with van der Waals surface area (Å²) in [6.45, 7) is 1.37. The van der Waals surface area contributed by atoms with E-state index in [1.165, 1.54) is 16.8 Å². The molecular formula is C23H20ClN3O4. The van der Waals surface area contributed by atoms with Crippen LogP contribution in [0, 0.1) is 6.92 Å². The Labute approximate surface area is 184 Å². The Morgan fingerprint density at radius 3 is 2.35 bits per heavy atom. The van der Waals surface area contributed by atoms with E-state index in [4.69, 9.17) is 16.3 Å². The van der Waals surface area contributed by atoms with Gasteiger partial charge in [-0.05, 0) is 49.4 Å². The molecule has 158 valence electrons. The van der Waals surface area contributed by atoms with Gasteiger partial charge in [0.1, 0.15) is 5.15 Å². The lowest BCUT2D eigenvalue weighted by atomic mass is 10.1. The maximum Gasteiger partial charge on any atom is 0.331 e. The van der Waals surface area contributed by atoms with Crippen molar-refractivity contribution in [3.63, 3.8) is 0 Å². The predicted octanol–water partition coefficient (Wildman–Crippen LogP) is 4.07. The lowest BCUT2D eigenvalue weighted by Crippen LogP contribution is -2.13.